The van der Waals surface area contributed by atoms with E-state index >= 15 is 0 Å². The molecule has 0 radical (unpaired) electrons. The van der Waals surface area contributed by atoms with Crippen molar-refractivity contribution < 1.29 is 28.7 Å². The van der Waals surface area contributed by atoms with Gasteiger partial charge in [-0.05, 0) is 78.6 Å². The molecule has 4 aliphatic carbocycles. The monoisotopic (exact) mass is 498 g/mol. The second kappa shape index (κ2) is 8.03. The quantitative estimate of drug-likeness (QED) is 0.272. The minimum atomic E-state index is -0.589. The Bertz CT molecular complexity index is 1310. The first-order chi connectivity index (χ1) is 17.9. The van der Waals surface area contributed by atoms with Gasteiger partial charge in [-0.1, -0.05) is 12.2 Å². The number of esters is 1. The largest absolute Gasteiger partial charge is 0.497 e. The van der Waals surface area contributed by atoms with Crippen LogP contribution in [0, 0.1) is 41.4 Å². The zero-order valence-electron chi connectivity index (χ0n) is 20.3. The van der Waals surface area contributed by atoms with Gasteiger partial charge in [0.1, 0.15) is 11.5 Å². The number of nitrogens with zero attached hydrogens (tertiary/aromatic N) is 2. The Labute approximate surface area is 213 Å². The summed E-state index contributed by atoms with van der Waals surface area (Å²) in [6, 6.07) is 13.6. The number of hydrogen-bond acceptors (Lipinski definition) is 6. The first kappa shape index (κ1) is 22.3. The molecule has 4 fully saturated rings. The number of benzene rings is 2. The zero-order valence-corrected chi connectivity index (χ0v) is 20.3. The van der Waals surface area contributed by atoms with E-state index in [1.165, 1.54) is 4.90 Å². The molecule has 2 aromatic rings. The van der Waals surface area contributed by atoms with Crippen molar-refractivity contribution in [3.8, 4) is 11.5 Å². The fourth-order valence-corrected chi connectivity index (χ4v) is 6.95. The van der Waals surface area contributed by atoms with E-state index in [0.29, 0.717) is 34.7 Å². The Balaban J connectivity index is 1.02. The van der Waals surface area contributed by atoms with Crippen molar-refractivity contribution in [1.82, 2.24) is 0 Å². The Hall–Kier alpha value is -3.94. The van der Waals surface area contributed by atoms with Gasteiger partial charge in [-0.2, -0.15) is 0 Å². The van der Waals surface area contributed by atoms with Crippen LogP contribution >= 0.6 is 0 Å². The van der Waals surface area contributed by atoms with Crippen LogP contribution in [0.3, 0.4) is 0 Å². The van der Waals surface area contributed by atoms with Crippen LogP contribution in [-0.2, 0) is 19.2 Å². The molecular formula is C29H26N2O6. The molecule has 8 nitrogen and oxygen atoms in total. The van der Waals surface area contributed by atoms with Gasteiger partial charge in [0.25, 0.3) is 0 Å². The molecule has 8 rings (SSSR count). The Kier molecular flexibility index (Phi) is 4.83. The maximum Gasteiger partial charge on any atom is 0.316 e. The summed E-state index contributed by atoms with van der Waals surface area (Å²) in [6.07, 6.45) is 5.50. The summed E-state index contributed by atoms with van der Waals surface area (Å²) in [5.74, 6) is 0.491. The molecule has 0 unspecified atom stereocenters. The number of imide groups is 1. The summed E-state index contributed by atoms with van der Waals surface area (Å²) >= 11 is 0. The number of amides is 3. The number of anilines is 2. The minimum Gasteiger partial charge on any atom is -0.497 e. The lowest BCUT2D eigenvalue weighted by Gasteiger charge is -2.37. The predicted molar refractivity (Wildman–Crippen MR) is 133 cm³/mol. The molecule has 8 heteroatoms. The topological polar surface area (TPSA) is 93.2 Å². The van der Waals surface area contributed by atoms with Crippen molar-refractivity contribution >= 4 is 35.1 Å². The minimum absolute atomic E-state index is 0.0703. The van der Waals surface area contributed by atoms with Crippen molar-refractivity contribution in [3.63, 3.8) is 0 Å². The van der Waals surface area contributed by atoms with E-state index in [1.807, 2.05) is 0 Å². The number of carbonyl (C=O) groups is 4. The molecule has 0 aromatic heterocycles. The van der Waals surface area contributed by atoms with Crippen LogP contribution in [0.15, 0.2) is 60.7 Å². The van der Waals surface area contributed by atoms with E-state index in [0.717, 1.165) is 6.42 Å². The number of hydrogen-bond donors (Lipinski definition) is 0. The van der Waals surface area contributed by atoms with Crippen LogP contribution in [0.25, 0.3) is 0 Å². The fourth-order valence-electron chi connectivity index (χ4n) is 6.95. The molecule has 7 atom stereocenters. The molecule has 2 aliphatic heterocycles. The number of allylic oxidation sites excluding steroid dienone is 2. The molecule has 2 bridgehead atoms. The van der Waals surface area contributed by atoms with Gasteiger partial charge in [0.05, 0.1) is 30.6 Å². The highest BCUT2D eigenvalue weighted by Crippen LogP contribution is 2.65. The highest BCUT2D eigenvalue weighted by molar-refractivity contribution is 6.22. The normalized spacial score (nSPS) is 33.0. The second-order valence-corrected chi connectivity index (χ2v) is 10.7. The highest BCUT2D eigenvalue weighted by Gasteiger charge is 2.67. The predicted octanol–water partition coefficient (Wildman–Crippen LogP) is 3.21. The molecule has 188 valence electrons. The average molecular weight is 499 g/mol. The van der Waals surface area contributed by atoms with E-state index in [9.17, 15) is 19.2 Å². The molecule has 3 amide bonds. The van der Waals surface area contributed by atoms with Gasteiger partial charge in [0.15, 0.2) is 0 Å². The van der Waals surface area contributed by atoms with Crippen LogP contribution in [0.4, 0.5) is 11.4 Å². The van der Waals surface area contributed by atoms with Gasteiger partial charge >= 0.3 is 5.97 Å². The van der Waals surface area contributed by atoms with Gasteiger partial charge in [-0.25, -0.2) is 0 Å². The van der Waals surface area contributed by atoms with Gasteiger partial charge in [-0.15, -0.1) is 0 Å². The van der Waals surface area contributed by atoms with Crippen molar-refractivity contribution in [2.75, 3.05) is 23.5 Å². The van der Waals surface area contributed by atoms with Crippen LogP contribution < -0.4 is 19.3 Å². The number of ether oxygens (including phenoxy) is 2. The summed E-state index contributed by atoms with van der Waals surface area (Å²) in [6.45, 7) is 0.236. The first-order valence-electron chi connectivity index (χ1n) is 12.8. The number of methoxy groups -OCH3 is 1. The molecule has 37 heavy (non-hydrogen) atoms. The van der Waals surface area contributed by atoms with Gasteiger partial charge < -0.3 is 14.4 Å². The molecule has 0 N–H and O–H groups in total. The number of carbonyl (C=O) groups excluding carboxylic acids is 4. The lowest BCUT2D eigenvalue weighted by atomic mass is 9.63. The van der Waals surface area contributed by atoms with E-state index in [-0.39, 0.29) is 54.4 Å². The van der Waals surface area contributed by atoms with Crippen LogP contribution in [0.5, 0.6) is 11.5 Å². The maximum atomic E-state index is 13.3. The highest BCUT2D eigenvalue weighted by atomic mass is 16.5. The zero-order chi connectivity index (χ0) is 25.4. The molecule has 2 heterocycles. The Morgan fingerprint density at radius 3 is 1.97 bits per heavy atom. The smallest absolute Gasteiger partial charge is 0.316 e. The van der Waals surface area contributed by atoms with Crippen molar-refractivity contribution in [2.24, 2.45) is 41.4 Å². The third kappa shape index (κ3) is 3.35. The van der Waals surface area contributed by atoms with E-state index in [2.05, 4.69) is 12.2 Å². The SMILES string of the molecule is COc1ccc(N2C[C@H](C(=O)Oc3ccc(N4C(=O)[C@@H]5[C@H]6C=C[C@@H]([C@@H]7C[C@@H]67)[C@@H]5C4=O)cc3)CC2=O)cc1. The van der Waals surface area contributed by atoms with Crippen molar-refractivity contribution in [3.05, 3.63) is 60.7 Å². The average Bonchev–Trinajstić information content (AvgIpc) is 3.60. The van der Waals surface area contributed by atoms with Crippen LogP contribution in [0.1, 0.15) is 12.8 Å². The standard InChI is InChI=1S/C29H26N2O6/c1-36-18-6-2-16(3-7-18)30-14-15(12-24(30)32)29(35)37-19-8-4-17(5-9-19)31-27(33)25-20-10-11-21(23-13-22(20)23)26(25)28(31)34/h2-11,15,20-23,25-26H,12-14H2,1H3/t15-,20+,21+,22+,23+,25-,26+/m1/s1. The molecule has 6 aliphatic rings. The van der Waals surface area contributed by atoms with Gasteiger partial charge in [-0.3, -0.25) is 24.1 Å². The second-order valence-electron chi connectivity index (χ2n) is 10.7. The molecule has 2 aromatic carbocycles. The van der Waals surface area contributed by atoms with E-state index in [4.69, 9.17) is 9.47 Å². The summed E-state index contributed by atoms with van der Waals surface area (Å²) < 4.78 is 10.7. The summed E-state index contributed by atoms with van der Waals surface area (Å²) in [4.78, 5) is 54.9. The van der Waals surface area contributed by atoms with Crippen LogP contribution in [0.2, 0.25) is 0 Å². The third-order valence-corrected chi connectivity index (χ3v) is 8.82. The third-order valence-electron chi connectivity index (χ3n) is 8.82. The van der Waals surface area contributed by atoms with Crippen molar-refractivity contribution in [2.45, 2.75) is 12.8 Å². The summed E-state index contributed by atoms with van der Waals surface area (Å²) in [7, 11) is 1.57. The van der Waals surface area contributed by atoms with Crippen LogP contribution in [-0.4, -0.2) is 37.3 Å². The molecule has 2 saturated heterocycles. The van der Waals surface area contributed by atoms with E-state index in [1.54, 1.807) is 60.5 Å². The molecule has 0 spiro atoms. The lowest BCUT2D eigenvalue weighted by molar-refractivity contribution is -0.139. The maximum absolute atomic E-state index is 13.3. The van der Waals surface area contributed by atoms with Crippen molar-refractivity contribution in [1.29, 1.82) is 0 Å². The Morgan fingerprint density at radius 1 is 0.811 bits per heavy atom. The Morgan fingerprint density at radius 2 is 1.38 bits per heavy atom. The van der Waals surface area contributed by atoms with E-state index < -0.39 is 11.9 Å². The lowest BCUT2D eigenvalue weighted by Crippen LogP contribution is -2.40. The first-order valence-corrected chi connectivity index (χ1v) is 12.8. The summed E-state index contributed by atoms with van der Waals surface area (Å²) in [5.41, 5.74) is 1.20. The van der Waals surface area contributed by atoms with Gasteiger partial charge in [0.2, 0.25) is 17.7 Å². The number of rotatable bonds is 5. The molecular weight excluding hydrogens is 472 g/mol. The summed E-state index contributed by atoms with van der Waals surface area (Å²) in [5, 5.41) is 0. The molecule has 2 saturated carbocycles. The fraction of sp³-hybridized carbons (Fsp3) is 0.379. The van der Waals surface area contributed by atoms with Gasteiger partial charge in [0, 0.05) is 18.7 Å².